The number of alkyl halides is 3. The fraction of sp³-hybridized carbons (Fsp3) is 0.267. The maximum absolute atomic E-state index is 12.6. The van der Waals surface area contributed by atoms with Crippen molar-refractivity contribution in [1.82, 2.24) is 10.3 Å². The molecule has 0 radical (unpaired) electrons. The second-order valence-electron chi connectivity index (χ2n) is 4.63. The molecule has 2 N–H and O–H groups in total. The first-order valence-electron chi connectivity index (χ1n) is 6.41. The molecule has 21 heavy (non-hydrogen) atoms. The van der Waals surface area contributed by atoms with Crippen LogP contribution in [0.15, 0.2) is 48.8 Å². The number of hydrogen-bond donors (Lipinski definition) is 2. The van der Waals surface area contributed by atoms with Crippen LogP contribution in [0.25, 0.3) is 0 Å². The van der Waals surface area contributed by atoms with Crippen LogP contribution in [0.5, 0.6) is 0 Å². The Morgan fingerprint density at radius 1 is 1.19 bits per heavy atom. The van der Waals surface area contributed by atoms with Gasteiger partial charge >= 0.3 is 6.18 Å². The van der Waals surface area contributed by atoms with Gasteiger partial charge in [0.1, 0.15) is 0 Å². The Morgan fingerprint density at radius 2 is 2.00 bits per heavy atom. The molecule has 0 saturated heterocycles. The van der Waals surface area contributed by atoms with Crippen molar-refractivity contribution >= 4 is 0 Å². The molecule has 0 aliphatic carbocycles. The van der Waals surface area contributed by atoms with Crippen LogP contribution in [0.4, 0.5) is 13.2 Å². The van der Waals surface area contributed by atoms with E-state index in [1.165, 1.54) is 12.1 Å². The number of benzene rings is 1. The quantitative estimate of drug-likeness (QED) is 0.891. The van der Waals surface area contributed by atoms with E-state index in [2.05, 4.69) is 10.3 Å². The number of nitrogens with one attached hydrogen (secondary N) is 1. The summed E-state index contributed by atoms with van der Waals surface area (Å²) in [5.41, 5.74) is 0.420. The van der Waals surface area contributed by atoms with Crippen molar-refractivity contribution in [1.29, 1.82) is 0 Å². The van der Waals surface area contributed by atoms with Crippen LogP contribution >= 0.6 is 0 Å². The van der Waals surface area contributed by atoms with Crippen LogP contribution in [0, 0.1) is 0 Å². The fourth-order valence-corrected chi connectivity index (χ4v) is 1.90. The molecule has 0 bridgehead atoms. The maximum Gasteiger partial charge on any atom is 0.416 e. The Bertz CT molecular complexity index is 573. The molecule has 0 aliphatic rings. The average molecular weight is 296 g/mol. The van der Waals surface area contributed by atoms with Crippen molar-refractivity contribution in [2.75, 3.05) is 6.54 Å². The van der Waals surface area contributed by atoms with E-state index in [-0.39, 0.29) is 12.1 Å². The summed E-state index contributed by atoms with van der Waals surface area (Å²) in [5, 5.41) is 12.9. The van der Waals surface area contributed by atoms with E-state index in [1.54, 1.807) is 18.5 Å². The molecule has 0 saturated carbocycles. The average Bonchev–Trinajstić information content (AvgIpc) is 2.47. The highest BCUT2D eigenvalue weighted by Gasteiger charge is 2.30. The van der Waals surface area contributed by atoms with Gasteiger partial charge in [-0.2, -0.15) is 13.2 Å². The Morgan fingerprint density at radius 3 is 2.67 bits per heavy atom. The predicted molar refractivity (Wildman–Crippen MR) is 72.3 cm³/mol. The Labute approximate surface area is 120 Å². The second-order valence-corrected chi connectivity index (χ2v) is 4.63. The van der Waals surface area contributed by atoms with E-state index in [9.17, 15) is 18.3 Å². The summed E-state index contributed by atoms with van der Waals surface area (Å²) in [6, 6.07) is 8.39. The van der Waals surface area contributed by atoms with Crippen LogP contribution in [0.3, 0.4) is 0 Å². The first kappa shape index (κ1) is 15.5. The van der Waals surface area contributed by atoms with E-state index in [4.69, 9.17) is 0 Å². The summed E-state index contributed by atoms with van der Waals surface area (Å²) < 4.78 is 37.8. The molecule has 112 valence electrons. The molecule has 1 unspecified atom stereocenters. The predicted octanol–water partition coefficient (Wildman–Crippen LogP) is 2.92. The van der Waals surface area contributed by atoms with Gasteiger partial charge in [0.05, 0.1) is 11.7 Å². The van der Waals surface area contributed by atoms with Crippen LogP contribution in [0.1, 0.15) is 22.8 Å². The molecule has 2 rings (SSSR count). The first-order valence-corrected chi connectivity index (χ1v) is 6.41. The van der Waals surface area contributed by atoms with Gasteiger partial charge < -0.3 is 10.4 Å². The van der Waals surface area contributed by atoms with Crippen LogP contribution in [0.2, 0.25) is 0 Å². The third-order valence-electron chi connectivity index (χ3n) is 2.99. The van der Waals surface area contributed by atoms with Gasteiger partial charge in [-0.05, 0) is 29.3 Å². The van der Waals surface area contributed by atoms with Gasteiger partial charge in [-0.25, -0.2) is 0 Å². The molecule has 1 heterocycles. The molecule has 0 amide bonds. The van der Waals surface area contributed by atoms with Gasteiger partial charge in [0.25, 0.3) is 0 Å². The monoisotopic (exact) mass is 296 g/mol. The number of aliphatic hydroxyl groups is 1. The van der Waals surface area contributed by atoms with Crippen molar-refractivity contribution in [3.05, 3.63) is 65.5 Å². The molecular weight excluding hydrogens is 281 g/mol. The normalized spacial score (nSPS) is 13.1. The van der Waals surface area contributed by atoms with Gasteiger partial charge in [0, 0.05) is 25.5 Å². The van der Waals surface area contributed by atoms with E-state index >= 15 is 0 Å². The lowest BCUT2D eigenvalue weighted by Gasteiger charge is -2.14. The third-order valence-corrected chi connectivity index (χ3v) is 2.99. The molecule has 1 aromatic heterocycles. The van der Waals surface area contributed by atoms with E-state index in [0.29, 0.717) is 6.54 Å². The van der Waals surface area contributed by atoms with E-state index in [0.717, 1.165) is 17.7 Å². The Hall–Kier alpha value is -1.92. The van der Waals surface area contributed by atoms with Crippen LogP contribution < -0.4 is 5.32 Å². The summed E-state index contributed by atoms with van der Waals surface area (Å²) in [4.78, 5) is 3.95. The van der Waals surface area contributed by atoms with Crippen molar-refractivity contribution < 1.29 is 18.3 Å². The smallest absolute Gasteiger partial charge is 0.387 e. The molecule has 0 spiro atoms. The summed E-state index contributed by atoms with van der Waals surface area (Å²) in [6.45, 7) is 0.653. The number of pyridine rings is 1. The van der Waals surface area contributed by atoms with E-state index in [1.807, 2.05) is 6.07 Å². The summed E-state index contributed by atoms with van der Waals surface area (Å²) in [5.74, 6) is 0. The topological polar surface area (TPSA) is 45.1 Å². The zero-order valence-corrected chi connectivity index (χ0v) is 11.1. The minimum atomic E-state index is -4.40. The number of hydrogen-bond acceptors (Lipinski definition) is 3. The summed E-state index contributed by atoms with van der Waals surface area (Å²) in [7, 11) is 0. The molecule has 0 fully saturated rings. The SMILES string of the molecule is OC(CNCc1cccnc1)c1cccc(C(F)(F)F)c1. The van der Waals surface area contributed by atoms with Crippen molar-refractivity contribution in [3.8, 4) is 0 Å². The third kappa shape index (κ3) is 4.54. The van der Waals surface area contributed by atoms with Gasteiger partial charge in [-0.1, -0.05) is 18.2 Å². The Kier molecular flexibility index (Phi) is 4.93. The van der Waals surface area contributed by atoms with Gasteiger partial charge in [-0.15, -0.1) is 0 Å². The number of aromatic nitrogens is 1. The maximum atomic E-state index is 12.6. The zero-order chi connectivity index (χ0) is 15.3. The molecule has 2 aromatic rings. The van der Waals surface area contributed by atoms with Crippen molar-refractivity contribution in [3.63, 3.8) is 0 Å². The molecule has 6 heteroatoms. The standard InChI is InChI=1S/C15H15F3N2O/c16-15(17,18)13-5-1-4-12(7-13)14(21)10-20-9-11-3-2-6-19-8-11/h1-8,14,20-21H,9-10H2. The number of halogens is 3. The summed E-state index contributed by atoms with van der Waals surface area (Å²) >= 11 is 0. The molecular formula is C15H15F3N2O. The number of aliphatic hydroxyl groups excluding tert-OH is 1. The van der Waals surface area contributed by atoms with Gasteiger partial charge in [0.2, 0.25) is 0 Å². The second kappa shape index (κ2) is 6.69. The number of nitrogens with zero attached hydrogens (tertiary/aromatic N) is 1. The Balaban J connectivity index is 1.93. The number of rotatable bonds is 5. The first-order chi connectivity index (χ1) is 9.97. The van der Waals surface area contributed by atoms with Gasteiger partial charge in [0.15, 0.2) is 0 Å². The van der Waals surface area contributed by atoms with Crippen molar-refractivity contribution in [2.45, 2.75) is 18.8 Å². The molecule has 1 atom stereocenters. The summed E-state index contributed by atoms with van der Waals surface area (Å²) in [6.07, 6.45) is -2.06. The highest BCUT2D eigenvalue weighted by Crippen LogP contribution is 2.30. The van der Waals surface area contributed by atoms with Crippen molar-refractivity contribution in [2.24, 2.45) is 0 Å². The molecule has 3 nitrogen and oxygen atoms in total. The minimum absolute atomic E-state index is 0.163. The lowest BCUT2D eigenvalue weighted by molar-refractivity contribution is -0.137. The highest BCUT2D eigenvalue weighted by molar-refractivity contribution is 5.27. The molecule has 0 aliphatic heterocycles. The highest BCUT2D eigenvalue weighted by atomic mass is 19.4. The fourth-order valence-electron chi connectivity index (χ4n) is 1.90. The van der Waals surface area contributed by atoms with Gasteiger partial charge in [-0.3, -0.25) is 4.98 Å². The lowest BCUT2D eigenvalue weighted by Crippen LogP contribution is -2.21. The molecule has 1 aromatic carbocycles. The van der Waals surface area contributed by atoms with Crippen LogP contribution in [-0.2, 0) is 12.7 Å². The lowest BCUT2D eigenvalue weighted by atomic mass is 10.1. The largest absolute Gasteiger partial charge is 0.416 e. The van der Waals surface area contributed by atoms with Crippen LogP contribution in [-0.4, -0.2) is 16.6 Å². The van der Waals surface area contributed by atoms with E-state index < -0.39 is 17.8 Å². The minimum Gasteiger partial charge on any atom is -0.387 e. The zero-order valence-electron chi connectivity index (χ0n) is 11.1.